The Morgan fingerprint density at radius 1 is 0.625 bits per heavy atom. The van der Waals surface area contributed by atoms with Crippen LogP contribution < -0.4 is 0 Å². The molecule has 0 aromatic heterocycles. The quantitative estimate of drug-likeness (QED) is 0.389. The summed E-state index contributed by atoms with van der Waals surface area (Å²) in [6, 6.07) is 0.198. The van der Waals surface area contributed by atoms with Gasteiger partial charge in [0.05, 0.1) is 0 Å². The maximum atomic E-state index is 8.79. The van der Waals surface area contributed by atoms with Crippen molar-refractivity contribution >= 4 is 8.80 Å². The van der Waals surface area contributed by atoms with Gasteiger partial charge in [0.25, 0.3) is 0 Å². The lowest BCUT2D eigenvalue weighted by Crippen LogP contribution is -2.33. The minimum absolute atomic E-state index is 0.198. The van der Waals surface area contributed by atoms with Crippen LogP contribution in [0.25, 0.3) is 0 Å². The zero-order valence-corrected chi connectivity index (χ0v) is 11.6. The number of rotatable bonds is 11. The van der Waals surface area contributed by atoms with E-state index in [1.54, 1.807) is 0 Å². The maximum absolute atomic E-state index is 8.79. The van der Waals surface area contributed by atoms with Gasteiger partial charge in [-0.1, -0.05) is 64.7 Å². The Morgan fingerprint density at radius 3 is 1.38 bits per heavy atom. The van der Waals surface area contributed by atoms with E-state index in [9.17, 15) is 0 Å². The molecule has 0 spiro atoms. The lowest BCUT2D eigenvalue weighted by molar-refractivity contribution is 0.226. The predicted octanol–water partition coefficient (Wildman–Crippen LogP) is 2.82. The fraction of sp³-hybridized carbons (Fsp3) is 1.00. The van der Waals surface area contributed by atoms with Gasteiger partial charge >= 0.3 is 8.80 Å². The van der Waals surface area contributed by atoms with Crippen LogP contribution in [0.4, 0.5) is 0 Å². The molecule has 0 amide bonds. The molecule has 16 heavy (non-hydrogen) atoms. The van der Waals surface area contributed by atoms with Gasteiger partial charge in [0.2, 0.25) is 0 Å². The Hall–Kier alpha value is 0.0969. The lowest BCUT2D eigenvalue weighted by atomic mass is 10.1. The largest absolute Gasteiger partial charge is 0.492 e. The minimum atomic E-state index is -3.75. The van der Waals surface area contributed by atoms with Crippen LogP contribution >= 0.6 is 0 Å². The molecule has 98 valence electrons. The van der Waals surface area contributed by atoms with E-state index < -0.39 is 8.80 Å². The first kappa shape index (κ1) is 16.1. The van der Waals surface area contributed by atoms with Crippen LogP contribution in [-0.4, -0.2) is 23.2 Å². The summed E-state index contributed by atoms with van der Waals surface area (Å²) in [6.45, 7) is 2.23. The third-order valence-electron chi connectivity index (χ3n) is 2.87. The van der Waals surface area contributed by atoms with Crippen molar-refractivity contribution in [3.8, 4) is 0 Å². The molecule has 3 nitrogen and oxygen atoms in total. The third kappa shape index (κ3) is 14.1. The van der Waals surface area contributed by atoms with Gasteiger partial charge in [-0.2, -0.15) is 0 Å². The molecule has 0 aliphatic rings. The predicted molar refractivity (Wildman–Crippen MR) is 69.1 cm³/mol. The first-order valence-corrected chi connectivity index (χ1v) is 8.78. The number of unbranched alkanes of at least 4 members (excludes halogenated alkanes) is 9. The second kappa shape index (κ2) is 10.3. The van der Waals surface area contributed by atoms with Gasteiger partial charge in [0, 0.05) is 6.04 Å². The molecule has 0 saturated heterocycles. The Labute approximate surface area is 101 Å². The smallest absolute Gasteiger partial charge is 0.390 e. The third-order valence-corrected chi connectivity index (χ3v) is 3.89. The summed E-state index contributed by atoms with van der Waals surface area (Å²) in [5, 5.41) is 0. The van der Waals surface area contributed by atoms with Crippen molar-refractivity contribution in [3.05, 3.63) is 0 Å². The summed E-state index contributed by atoms with van der Waals surface area (Å²) in [5.74, 6) is 0. The van der Waals surface area contributed by atoms with Crippen molar-refractivity contribution in [1.82, 2.24) is 0 Å². The van der Waals surface area contributed by atoms with Crippen molar-refractivity contribution in [2.75, 3.05) is 0 Å². The molecule has 0 bridgehead atoms. The molecule has 0 radical (unpaired) electrons. The standard InChI is InChI=1S/C12H28O3Si/c1-2-3-4-5-6-7-8-9-10-11-12-16(13,14)15/h13-15H,2-12H2,1H3. The average molecular weight is 248 g/mol. The van der Waals surface area contributed by atoms with Crippen molar-refractivity contribution in [2.24, 2.45) is 0 Å². The molecular weight excluding hydrogens is 220 g/mol. The van der Waals surface area contributed by atoms with E-state index in [4.69, 9.17) is 14.4 Å². The van der Waals surface area contributed by atoms with Gasteiger partial charge in [-0.25, -0.2) is 0 Å². The van der Waals surface area contributed by atoms with E-state index in [0.717, 1.165) is 19.3 Å². The molecule has 0 aliphatic heterocycles. The topological polar surface area (TPSA) is 60.7 Å². The fourth-order valence-electron chi connectivity index (χ4n) is 1.85. The Morgan fingerprint density at radius 2 is 1.00 bits per heavy atom. The monoisotopic (exact) mass is 248 g/mol. The van der Waals surface area contributed by atoms with Crippen LogP contribution in [-0.2, 0) is 0 Å². The lowest BCUT2D eigenvalue weighted by Gasteiger charge is -2.08. The van der Waals surface area contributed by atoms with Crippen molar-refractivity contribution in [1.29, 1.82) is 0 Å². The maximum Gasteiger partial charge on any atom is 0.492 e. The van der Waals surface area contributed by atoms with E-state index in [1.165, 1.54) is 44.9 Å². The van der Waals surface area contributed by atoms with Gasteiger partial charge in [-0.05, 0) is 6.42 Å². The summed E-state index contributed by atoms with van der Waals surface area (Å²) in [5.41, 5.74) is 0. The van der Waals surface area contributed by atoms with E-state index in [2.05, 4.69) is 6.92 Å². The van der Waals surface area contributed by atoms with Crippen molar-refractivity contribution in [3.63, 3.8) is 0 Å². The molecule has 0 fully saturated rings. The Bertz CT molecular complexity index is 146. The SMILES string of the molecule is CCCCCCCCCCCC[Si](O)(O)O. The van der Waals surface area contributed by atoms with Crippen LogP contribution in [0.5, 0.6) is 0 Å². The Kier molecular flexibility index (Phi) is 10.3. The molecule has 0 aromatic carbocycles. The summed E-state index contributed by atoms with van der Waals surface area (Å²) >= 11 is 0. The minimum Gasteiger partial charge on any atom is -0.390 e. The van der Waals surface area contributed by atoms with Gasteiger partial charge in [-0.15, -0.1) is 0 Å². The van der Waals surface area contributed by atoms with Gasteiger partial charge in [0.15, 0.2) is 0 Å². The molecule has 0 unspecified atom stereocenters. The highest BCUT2D eigenvalue weighted by Crippen LogP contribution is 2.12. The van der Waals surface area contributed by atoms with E-state index in [0.29, 0.717) is 0 Å². The molecule has 0 aromatic rings. The first-order chi connectivity index (χ1) is 7.56. The summed E-state index contributed by atoms with van der Waals surface area (Å²) in [6.07, 6.45) is 12.1. The zero-order valence-electron chi connectivity index (χ0n) is 10.6. The molecule has 0 heterocycles. The molecule has 3 N–H and O–H groups in total. The molecule has 4 heteroatoms. The summed E-state index contributed by atoms with van der Waals surface area (Å²) in [4.78, 5) is 26.4. The van der Waals surface area contributed by atoms with Gasteiger partial charge in [0.1, 0.15) is 0 Å². The second-order valence-electron chi connectivity index (χ2n) is 4.71. The summed E-state index contributed by atoms with van der Waals surface area (Å²) < 4.78 is 0. The second-order valence-corrected chi connectivity index (χ2v) is 6.76. The van der Waals surface area contributed by atoms with Gasteiger partial charge < -0.3 is 14.4 Å². The highest BCUT2D eigenvalue weighted by Gasteiger charge is 2.25. The number of hydrogen-bond acceptors (Lipinski definition) is 3. The van der Waals surface area contributed by atoms with Crippen LogP contribution in [0.3, 0.4) is 0 Å². The van der Waals surface area contributed by atoms with Gasteiger partial charge in [-0.3, -0.25) is 0 Å². The number of hydrogen-bond donors (Lipinski definition) is 3. The molecule has 0 atom stereocenters. The molecule has 0 aliphatic carbocycles. The van der Waals surface area contributed by atoms with Crippen molar-refractivity contribution < 1.29 is 14.4 Å². The highest BCUT2D eigenvalue weighted by atomic mass is 28.4. The van der Waals surface area contributed by atoms with E-state index in [-0.39, 0.29) is 6.04 Å². The van der Waals surface area contributed by atoms with Crippen molar-refractivity contribution in [2.45, 2.75) is 77.2 Å². The Balaban J connectivity index is 2.99. The van der Waals surface area contributed by atoms with Crippen LogP contribution in [0, 0.1) is 0 Å². The zero-order chi connectivity index (χ0) is 12.3. The first-order valence-electron chi connectivity index (χ1n) is 6.73. The molecular formula is C12H28O3Si. The molecule has 0 saturated carbocycles. The summed E-state index contributed by atoms with van der Waals surface area (Å²) in [7, 11) is -3.75. The van der Waals surface area contributed by atoms with E-state index in [1.807, 2.05) is 0 Å². The van der Waals surface area contributed by atoms with Crippen LogP contribution in [0.15, 0.2) is 0 Å². The molecule has 0 rings (SSSR count). The average Bonchev–Trinajstić information content (AvgIpc) is 2.19. The van der Waals surface area contributed by atoms with Crippen LogP contribution in [0.2, 0.25) is 6.04 Å². The van der Waals surface area contributed by atoms with E-state index >= 15 is 0 Å². The normalized spacial score (nSPS) is 12.0. The highest BCUT2D eigenvalue weighted by molar-refractivity contribution is 6.56. The van der Waals surface area contributed by atoms with Crippen LogP contribution in [0.1, 0.15) is 71.1 Å². The fourth-order valence-corrected chi connectivity index (χ4v) is 2.57.